The molecular weight excluding hydrogens is 1110 g/mol. The number of carbonyl (C=O) groups is 4. The zero-order valence-electron chi connectivity index (χ0n) is 45.6. The van der Waals surface area contributed by atoms with E-state index >= 15 is 0 Å². The normalized spacial score (nSPS) is 34.5. The minimum atomic E-state index is -1.69. The third kappa shape index (κ3) is 21.4. The van der Waals surface area contributed by atoms with Crippen molar-refractivity contribution >= 4 is 23.6 Å². The zero-order chi connectivity index (χ0) is 60.6. The van der Waals surface area contributed by atoms with E-state index < -0.39 is 161 Å². The Morgan fingerprint density at radius 1 is 0.402 bits per heavy atom. The molecule has 478 valence electrons. The van der Waals surface area contributed by atoms with Gasteiger partial charge in [0.15, 0.2) is 25.2 Å². The number of hydrogen-bond acceptors (Lipinski definition) is 29. The van der Waals surface area contributed by atoms with E-state index in [0.29, 0.717) is 38.5 Å². The summed E-state index contributed by atoms with van der Waals surface area (Å²) in [6.07, 6.45) is -28.0. The van der Waals surface area contributed by atoms with Crippen molar-refractivity contribution in [2.45, 2.75) is 193 Å². The Morgan fingerprint density at radius 2 is 0.695 bits per heavy atom. The second-order valence-corrected chi connectivity index (χ2v) is 20.4. The average Bonchev–Trinajstić information content (AvgIpc) is 3.48. The molecule has 0 aromatic carbocycles. The maximum Gasteiger partial charge on any atom is 0.236 e. The Bertz CT molecular complexity index is 1770. The molecule has 4 saturated heterocycles. The molecule has 4 aliphatic rings. The van der Waals surface area contributed by atoms with Crippen molar-refractivity contribution in [2.24, 2.45) is 5.73 Å². The highest BCUT2D eigenvalue weighted by atomic mass is 16.7. The molecule has 0 saturated carbocycles. The van der Waals surface area contributed by atoms with Crippen LogP contribution in [0, 0.1) is 0 Å². The van der Waals surface area contributed by atoms with Crippen molar-refractivity contribution in [3.63, 3.8) is 0 Å². The van der Waals surface area contributed by atoms with Crippen LogP contribution < -0.4 is 16.4 Å². The first-order chi connectivity index (χ1) is 39.1. The van der Waals surface area contributed by atoms with Crippen LogP contribution in [-0.2, 0) is 57.1 Å². The topological polar surface area (TPSA) is 522 Å². The van der Waals surface area contributed by atoms with Crippen LogP contribution in [-0.4, -0.2) is 336 Å². The monoisotopic (exact) mass is 1200 g/mol. The molecule has 0 aromatic rings. The highest BCUT2D eigenvalue weighted by Crippen LogP contribution is 2.26. The summed E-state index contributed by atoms with van der Waals surface area (Å²) in [5.74, 6) is -1.61. The molecule has 4 heterocycles. The summed E-state index contributed by atoms with van der Waals surface area (Å²) in [6, 6.07) is -1.00. The molecule has 0 radical (unpaired) electrons. The number of aliphatic hydroxyl groups excluding tert-OH is 16. The fraction of sp³-hybridized carbons (Fsp3) is 0.918. The van der Waals surface area contributed by atoms with Gasteiger partial charge in [0.2, 0.25) is 23.6 Å². The van der Waals surface area contributed by atoms with Gasteiger partial charge in [-0.15, -0.1) is 0 Å². The van der Waals surface area contributed by atoms with Crippen LogP contribution >= 0.6 is 0 Å². The molecule has 82 heavy (non-hydrogen) atoms. The van der Waals surface area contributed by atoms with E-state index in [2.05, 4.69) is 10.6 Å². The maximum absolute atomic E-state index is 13.4. The fourth-order valence-corrected chi connectivity index (χ4v) is 9.21. The van der Waals surface area contributed by atoms with Gasteiger partial charge in [0.25, 0.3) is 0 Å². The Kier molecular flexibility index (Phi) is 32.0. The molecule has 0 spiro atoms. The van der Waals surface area contributed by atoms with Gasteiger partial charge in [-0.3, -0.25) is 19.2 Å². The van der Waals surface area contributed by atoms with Gasteiger partial charge in [0, 0.05) is 58.5 Å². The van der Waals surface area contributed by atoms with Crippen LogP contribution in [0.4, 0.5) is 0 Å². The number of rotatable bonds is 36. The Hall–Kier alpha value is -3.12. The number of aliphatic hydroxyl groups is 16. The molecule has 4 rings (SSSR count). The highest BCUT2D eigenvalue weighted by molar-refractivity contribution is 5.83. The molecule has 33 heteroatoms. The number of ether oxygens (including phenoxy) is 8. The quantitative estimate of drug-likeness (QED) is 0.0259. The van der Waals surface area contributed by atoms with Crippen molar-refractivity contribution in [3.8, 4) is 0 Å². The number of nitrogens with zero attached hydrogens (tertiary/aromatic N) is 2. The van der Waals surface area contributed by atoms with Crippen LogP contribution in [0.25, 0.3) is 0 Å². The van der Waals surface area contributed by atoms with E-state index in [4.69, 9.17) is 43.6 Å². The van der Waals surface area contributed by atoms with Gasteiger partial charge in [-0.05, 0) is 32.1 Å². The number of amides is 4. The number of nitrogens with one attached hydrogen (secondary N) is 2. The van der Waals surface area contributed by atoms with E-state index in [9.17, 15) is 101 Å². The van der Waals surface area contributed by atoms with Gasteiger partial charge in [-0.1, -0.05) is 12.8 Å². The molecule has 33 nitrogen and oxygen atoms in total. The van der Waals surface area contributed by atoms with E-state index in [0.717, 1.165) is 0 Å². The number of hydrogen-bond donors (Lipinski definition) is 19. The summed E-state index contributed by atoms with van der Waals surface area (Å²) < 4.78 is 43.7. The molecule has 4 amide bonds. The highest BCUT2D eigenvalue weighted by Gasteiger charge is 2.47. The molecule has 5 unspecified atom stereocenters. The van der Waals surface area contributed by atoms with Gasteiger partial charge in [0.1, 0.15) is 97.7 Å². The van der Waals surface area contributed by atoms with Gasteiger partial charge in [-0.25, -0.2) is 0 Å². The Morgan fingerprint density at radius 3 is 0.988 bits per heavy atom. The first kappa shape index (κ1) is 71.4. The average molecular weight is 1200 g/mol. The first-order valence-corrected chi connectivity index (χ1v) is 27.6. The molecule has 0 aliphatic carbocycles. The maximum atomic E-state index is 13.4. The van der Waals surface area contributed by atoms with Crippen LogP contribution in [0.15, 0.2) is 0 Å². The lowest BCUT2D eigenvalue weighted by atomic mass is 9.99. The SMILES string of the molecule is N[C@H](CCC(=O)NCCCCCC(=O)N(CCOC1OC(CO)C(O)C(O)C1O)CCO[C@H]1O[C@H](CO)[C@@H](O)[C@H](O)[C@@H]1O)C(=O)NCCCCCC(=O)N(CCO[C@H]1O[C@H](CO)[C@@H](O)[C@H](O)[C@@H]1O)CCO[C@H]1O[C@H](CO)[C@@H](O)[C@H](O)[C@@H]1O. The smallest absolute Gasteiger partial charge is 0.236 e. The lowest BCUT2D eigenvalue weighted by Crippen LogP contribution is -2.59. The molecule has 4 fully saturated rings. The molecule has 20 N–H and O–H groups in total. The van der Waals surface area contributed by atoms with Crippen LogP contribution in [0.3, 0.4) is 0 Å². The largest absolute Gasteiger partial charge is 0.394 e. The standard InChI is InChI=1S/C49H89N5O28/c50-25(45(74)52-12-6-2-4-8-32(61)54(15-19-77-48-43(72)39(68)35(64)28(23-57)81-48)16-20-78-49-44(73)40(69)36(65)29(24-58)82-49)9-10-30(59)51-11-5-1-3-7-31(60)53(13-17-75-46-41(70)37(66)33(62)26(21-55)79-46)14-18-76-47-42(71)38(67)34(63)27(22-56)80-47/h25-29,33-44,46-49,55-58,62-73H,1-24,50H2,(H,51,59)(H,52,74)/t25-,26-,27?,28-,29-,33-,34?,35-,36-,37+,38?,39+,40+,41+,42?,43+,44+,46+,47?,48+,49+/m1/s1. The van der Waals surface area contributed by atoms with E-state index in [1.54, 1.807) is 0 Å². The molecule has 0 aromatic heterocycles. The van der Waals surface area contributed by atoms with Gasteiger partial charge in [0.05, 0.1) is 58.9 Å². The van der Waals surface area contributed by atoms with Crippen molar-refractivity contribution < 1.29 is 139 Å². The minimum absolute atomic E-state index is 0.0179. The lowest BCUT2D eigenvalue weighted by Gasteiger charge is -2.40. The van der Waals surface area contributed by atoms with Crippen LogP contribution in [0.1, 0.15) is 64.2 Å². The summed E-state index contributed by atoms with van der Waals surface area (Å²) >= 11 is 0. The third-order valence-electron chi connectivity index (χ3n) is 14.4. The summed E-state index contributed by atoms with van der Waals surface area (Å²) in [6.45, 7) is -3.69. The second kappa shape index (κ2) is 36.8. The van der Waals surface area contributed by atoms with Gasteiger partial charge >= 0.3 is 0 Å². The molecular formula is C49H89N5O28. The summed E-state index contributed by atoms with van der Waals surface area (Å²) in [4.78, 5) is 54.7. The zero-order valence-corrected chi connectivity index (χ0v) is 45.6. The fourth-order valence-electron chi connectivity index (χ4n) is 9.21. The predicted octanol–water partition coefficient (Wildman–Crippen LogP) is -10.6. The van der Waals surface area contributed by atoms with Crippen LogP contribution in [0.5, 0.6) is 0 Å². The number of nitrogens with two attached hydrogens (primary N) is 1. The summed E-state index contributed by atoms with van der Waals surface area (Å²) in [5.41, 5.74) is 6.04. The predicted molar refractivity (Wildman–Crippen MR) is 272 cm³/mol. The van der Waals surface area contributed by atoms with E-state index in [1.165, 1.54) is 9.80 Å². The second-order valence-electron chi connectivity index (χ2n) is 20.4. The molecule has 4 aliphatic heterocycles. The Balaban J connectivity index is 1.13. The van der Waals surface area contributed by atoms with Crippen molar-refractivity contribution in [2.75, 3.05) is 92.1 Å². The van der Waals surface area contributed by atoms with Crippen LogP contribution in [0.2, 0.25) is 0 Å². The van der Waals surface area contributed by atoms with Gasteiger partial charge < -0.3 is 146 Å². The minimum Gasteiger partial charge on any atom is -0.394 e. The summed E-state index contributed by atoms with van der Waals surface area (Å²) in [7, 11) is 0. The van der Waals surface area contributed by atoms with Gasteiger partial charge in [-0.2, -0.15) is 0 Å². The van der Waals surface area contributed by atoms with Crippen molar-refractivity contribution in [1.29, 1.82) is 0 Å². The number of unbranched alkanes of at least 4 members (excludes halogenated alkanes) is 4. The van der Waals surface area contributed by atoms with E-state index in [-0.39, 0.29) is 109 Å². The first-order valence-electron chi connectivity index (χ1n) is 27.6. The molecule has 21 atom stereocenters. The van der Waals surface area contributed by atoms with E-state index in [1.807, 2.05) is 0 Å². The Labute approximate surface area is 472 Å². The molecule has 0 bridgehead atoms. The third-order valence-corrected chi connectivity index (χ3v) is 14.4. The lowest BCUT2D eigenvalue weighted by molar-refractivity contribution is -0.303. The van der Waals surface area contributed by atoms with Crippen molar-refractivity contribution in [1.82, 2.24) is 20.4 Å². The summed E-state index contributed by atoms with van der Waals surface area (Å²) in [5, 5.41) is 166. The van der Waals surface area contributed by atoms with Crippen molar-refractivity contribution in [3.05, 3.63) is 0 Å². The number of carbonyl (C=O) groups excluding carboxylic acids is 4.